The van der Waals surface area contributed by atoms with Crippen LogP contribution in [-0.4, -0.2) is 6.17 Å². The van der Waals surface area contributed by atoms with E-state index in [0.29, 0.717) is 5.92 Å². The lowest BCUT2D eigenvalue weighted by molar-refractivity contribution is 0.763. The summed E-state index contributed by atoms with van der Waals surface area (Å²) in [6.07, 6.45) is 5.16. The predicted octanol–water partition coefficient (Wildman–Crippen LogP) is 0.116. The van der Waals surface area contributed by atoms with Crippen molar-refractivity contribution in [2.45, 2.75) is 12.6 Å². The van der Waals surface area contributed by atoms with Gasteiger partial charge < -0.3 is 11.5 Å². The zero-order valence-corrected chi connectivity index (χ0v) is 5.17. The minimum atomic E-state index is -0.230. The summed E-state index contributed by atoms with van der Waals surface area (Å²) < 4.78 is 0. The van der Waals surface area contributed by atoms with Gasteiger partial charge in [0.25, 0.3) is 0 Å². The summed E-state index contributed by atoms with van der Waals surface area (Å²) in [7, 11) is 0. The van der Waals surface area contributed by atoms with Crippen LogP contribution in [0.5, 0.6) is 0 Å². The van der Waals surface area contributed by atoms with Gasteiger partial charge in [0.15, 0.2) is 0 Å². The molecule has 2 rings (SSSR count). The second-order valence-corrected chi connectivity index (χ2v) is 2.69. The maximum absolute atomic E-state index is 5.49. The molecule has 2 aliphatic carbocycles. The van der Waals surface area contributed by atoms with Crippen molar-refractivity contribution in [3.05, 3.63) is 23.3 Å². The molecule has 0 aromatic rings. The third-order valence-corrected chi connectivity index (χ3v) is 2.00. The summed E-state index contributed by atoms with van der Waals surface area (Å²) in [5, 5.41) is 0. The highest BCUT2D eigenvalue weighted by atomic mass is 14.9. The van der Waals surface area contributed by atoms with E-state index in [0.717, 1.165) is 0 Å². The standard InChI is InChI=1S/C7H10N2/c8-7(9)5-2-1-4-3-6(4)5/h1-2,6-7H,3,8-9H2. The van der Waals surface area contributed by atoms with Crippen LogP contribution in [0.2, 0.25) is 0 Å². The quantitative estimate of drug-likeness (QED) is 0.485. The van der Waals surface area contributed by atoms with Crippen LogP contribution < -0.4 is 11.5 Å². The first-order valence-corrected chi connectivity index (χ1v) is 3.21. The van der Waals surface area contributed by atoms with E-state index in [4.69, 9.17) is 11.5 Å². The lowest BCUT2D eigenvalue weighted by Crippen LogP contribution is -2.32. The SMILES string of the molecule is NC(N)C1=CC=C2CC21. The Balaban J connectivity index is 2.18. The van der Waals surface area contributed by atoms with Gasteiger partial charge >= 0.3 is 0 Å². The van der Waals surface area contributed by atoms with Crippen molar-refractivity contribution in [2.24, 2.45) is 17.4 Å². The Labute approximate surface area is 54.2 Å². The van der Waals surface area contributed by atoms with Crippen LogP contribution in [0.15, 0.2) is 23.3 Å². The topological polar surface area (TPSA) is 52.0 Å². The number of allylic oxidation sites excluding steroid dienone is 3. The first-order valence-electron chi connectivity index (χ1n) is 3.21. The van der Waals surface area contributed by atoms with Crippen molar-refractivity contribution in [3.8, 4) is 0 Å². The molecule has 0 radical (unpaired) electrons. The van der Waals surface area contributed by atoms with Gasteiger partial charge in [0, 0.05) is 5.92 Å². The number of hydrogen-bond donors (Lipinski definition) is 2. The number of nitrogens with two attached hydrogens (primary N) is 2. The van der Waals surface area contributed by atoms with Crippen LogP contribution in [0, 0.1) is 5.92 Å². The Morgan fingerprint density at radius 2 is 2.22 bits per heavy atom. The molecule has 0 saturated heterocycles. The molecule has 0 spiro atoms. The average Bonchev–Trinajstić information content (AvgIpc) is 2.43. The summed E-state index contributed by atoms with van der Waals surface area (Å²) in [5.41, 5.74) is 13.7. The summed E-state index contributed by atoms with van der Waals surface area (Å²) in [6, 6.07) is 0. The Kier molecular flexibility index (Phi) is 0.845. The molecule has 1 fully saturated rings. The highest BCUT2D eigenvalue weighted by molar-refractivity contribution is 5.47. The van der Waals surface area contributed by atoms with Gasteiger partial charge in [0.05, 0.1) is 6.17 Å². The van der Waals surface area contributed by atoms with Crippen LogP contribution in [0.25, 0.3) is 0 Å². The summed E-state index contributed by atoms with van der Waals surface area (Å²) in [5.74, 6) is 0.644. The fourth-order valence-corrected chi connectivity index (χ4v) is 1.36. The van der Waals surface area contributed by atoms with Crippen LogP contribution in [0.1, 0.15) is 6.42 Å². The third-order valence-electron chi connectivity index (χ3n) is 2.00. The predicted molar refractivity (Wildman–Crippen MR) is 36.4 cm³/mol. The molecular weight excluding hydrogens is 112 g/mol. The van der Waals surface area contributed by atoms with Crippen molar-refractivity contribution < 1.29 is 0 Å². The Hall–Kier alpha value is -0.600. The number of rotatable bonds is 1. The Bertz CT molecular complexity index is 201. The fourth-order valence-electron chi connectivity index (χ4n) is 1.36. The number of hydrogen-bond acceptors (Lipinski definition) is 2. The molecule has 4 N–H and O–H groups in total. The Morgan fingerprint density at radius 1 is 1.44 bits per heavy atom. The largest absolute Gasteiger partial charge is 0.313 e. The zero-order valence-electron chi connectivity index (χ0n) is 5.17. The lowest BCUT2D eigenvalue weighted by atomic mass is 10.1. The van der Waals surface area contributed by atoms with Gasteiger partial charge in [-0.1, -0.05) is 17.7 Å². The summed E-state index contributed by atoms with van der Waals surface area (Å²) in [4.78, 5) is 0. The normalized spacial score (nSPS) is 29.9. The molecule has 0 amide bonds. The molecule has 2 heteroatoms. The van der Waals surface area contributed by atoms with E-state index in [-0.39, 0.29) is 6.17 Å². The van der Waals surface area contributed by atoms with Gasteiger partial charge in [-0.15, -0.1) is 0 Å². The van der Waals surface area contributed by atoms with Gasteiger partial charge in [-0.25, -0.2) is 0 Å². The smallest absolute Gasteiger partial charge is 0.0752 e. The minimum Gasteiger partial charge on any atom is -0.313 e. The van der Waals surface area contributed by atoms with Gasteiger partial charge in [-0.05, 0) is 12.0 Å². The van der Waals surface area contributed by atoms with E-state index in [9.17, 15) is 0 Å². The first-order chi connectivity index (χ1) is 4.29. The molecule has 1 saturated carbocycles. The van der Waals surface area contributed by atoms with Gasteiger partial charge in [0.2, 0.25) is 0 Å². The second-order valence-electron chi connectivity index (χ2n) is 2.69. The van der Waals surface area contributed by atoms with Crippen molar-refractivity contribution in [2.75, 3.05) is 0 Å². The molecule has 48 valence electrons. The molecule has 0 aromatic carbocycles. The minimum absolute atomic E-state index is 0.230. The van der Waals surface area contributed by atoms with E-state index in [2.05, 4.69) is 6.08 Å². The third kappa shape index (κ3) is 0.637. The van der Waals surface area contributed by atoms with Crippen molar-refractivity contribution >= 4 is 0 Å². The van der Waals surface area contributed by atoms with Gasteiger partial charge in [-0.3, -0.25) is 0 Å². The molecular formula is C7H10N2. The van der Waals surface area contributed by atoms with E-state index in [1.807, 2.05) is 6.08 Å². The maximum Gasteiger partial charge on any atom is 0.0752 e. The highest BCUT2D eigenvalue weighted by Gasteiger charge is 2.37. The Morgan fingerprint density at radius 3 is 2.44 bits per heavy atom. The second kappa shape index (κ2) is 1.46. The molecule has 1 unspecified atom stereocenters. The van der Waals surface area contributed by atoms with E-state index in [1.165, 1.54) is 17.6 Å². The molecule has 0 aliphatic heterocycles. The maximum atomic E-state index is 5.49. The van der Waals surface area contributed by atoms with Gasteiger partial charge in [0.1, 0.15) is 0 Å². The molecule has 2 nitrogen and oxygen atoms in total. The molecule has 2 aliphatic rings. The molecule has 0 heterocycles. The van der Waals surface area contributed by atoms with Crippen LogP contribution in [0.3, 0.4) is 0 Å². The van der Waals surface area contributed by atoms with Gasteiger partial charge in [-0.2, -0.15) is 0 Å². The summed E-state index contributed by atoms with van der Waals surface area (Å²) in [6.45, 7) is 0. The molecule has 0 aromatic heterocycles. The molecule has 9 heavy (non-hydrogen) atoms. The van der Waals surface area contributed by atoms with E-state index < -0.39 is 0 Å². The lowest BCUT2D eigenvalue weighted by Gasteiger charge is -2.05. The molecule has 1 atom stereocenters. The average molecular weight is 122 g/mol. The van der Waals surface area contributed by atoms with Crippen molar-refractivity contribution in [1.29, 1.82) is 0 Å². The fraction of sp³-hybridized carbons (Fsp3) is 0.429. The van der Waals surface area contributed by atoms with Crippen molar-refractivity contribution in [1.82, 2.24) is 0 Å². The highest BCUT2D eigenvalue weighted by Crippen LogP contribution is 2.47. The van der Waals surface area contributed by atoms with Crippen LogP contribution in [0.4, 0.5) is 0 Å². The first kappa shape index (κ1) is 5.21. The monoisotopic (exact) mass is 122 g/mol. The van der Waals surface area contributed by atoms with Crippen molar-refractivity contribution in [3.63, 3.8) is 0 Å². The zero-order chi connectivity index (χ0) is 6.43. The summed E-state index contributed by atoms with van der Waals surface area (Å²) >= 11 is 0. The van der Waals surface area contributed by atoms with E-state index in [1.54, 1.807) is 0 Å². The number of fused-ring (bicyclic) bond motifs is 1. The van der Waals surface area contributed by atoms with E-state index >= 15 is 0 Å². The molecule has 0 bridgehead atoms. The van der Waals surface area contributed by atoms with Crippen LogP contribution >= 0.6 is 0 Å². The van der Waals surface area contributed by atoms with Crippen LogP contribution in [-0.2, 0) is 0 Å².